The van der Waals surface area contributed by atoms with E-state index in [1.165, 1.54) is 16.5 Å². The van der Waals surface area contributed by atoms with Crippen LogP contribution in [-0.2, 0) is 0 Å². The maximum atomic E-state index is 5.94. The van der Waals surface area contributed by atoms with E-state index in [1.807, 2.05) is 6.20 Å². The molecule has 3 N–H and O–H groups in total. The van der Waals surface area contributed by atoms with Crippen LogP contribution in [0.3, 0.4) is 0 Å². The van der Waals surface area contributed by atoms with Gasteiger partial charge in [-0.3, -0.25) is 0 Å². The van der Waals surface area contributed by atoms with E-state index in [1.54, 1.807) is 0 Å². The Balaban J connectivity index is 0.000000980. The molecule has 1 aromatic carbocycles. The minimum Gasteiger partial charge on any atom is -0.361 e. The van der Waals surface area contributed by atoms with Crippen molar-refractivity contribution in [3.63, 3.8) is 0 Å². The molecule has 0 radical (unpaired) electrons. The van der Waals surface area contributed by atoms with Gasteiger partial charge in [0.05, 0.1) is 0 Å². The normalized spacial score (nSPS) is 12.4. The maximum Gasteiger partial charge on any atom is 0.0457 e. The fourth-order valence-corrected chi connectivity index (χ4v) is 1.53. The van der Waals surface area contributed by atoms with Crippen molar-refractivity contribution in [3.05, 3.63) is 36.0 Å². The molecule has 0 amide bonds. The van der Waals surface area contributed by atoms with Crippen molar-refractivity contribution < 1.29 is 0 Å². The molecule has 76 valence electrons. The molecule has 0 saturated heterocycles. The zero-order chi connectivity index (χ0) is 9.26. The zero-order valence-corrected chi connectivity index (χ0v) is 8.97. The minimum atomic E-state index is 0. The van der Waals surface area contributed by atoms with Crippen molar-refractivity contribution >= 4 is 23.3 Å². The summed E-state index contributed by atoms with van der Waals surface area (Å²) >= 11 is 0. The number of nitrogens with one attached hydrogen (secondary N) is 1. The van der Waals surface area contributed by atoms with Gasteiger partial charge in [0.25, 0.3) is 0 Å². The van der Waals surface area contributed by atoms with Crippen LogP contribution in [0.25, 0.3) is 10.9 Å². The Hall–Kier alpha value is -0.990. The van der Waals surface area contributed by atoms with Crippen molar-refractivity contribution in [1.29, 1.82) is 0 Å². The smallest absolute Gasteiger partial charge is 0.0457 e. The average molecular weight is 211 g/mol. The molecule has 0 aliphatic rings. The number of halogens is 1. The highest BCUT2D eigenvalue weighted by atomic mass is 35.5. The summed E-state index contributed by atoms with van der Waals surface area (Å²) < 4.78 is 0. The molecule has 0 aliphatic carbocycles. The first-order chi connectivity index (χ1) is 6.31. The van der Waals surface area contributed by atoms with Crippen LogP contribution in [0.15, 0.2) is 30.5 Å². The molecule has 14 heavy (non-hydrogen) atoms. The number of hydrogen-bond donors (Lipinski definition) is 2. The van der Waals surface area contributed by atoms with Gasteiger partial charge in [-0.15, -0.1) is 12.4 Å². The number of fused-ring (bicyclic) bond motifs is 1. The van der Waals surface area contributed by atoms with Gasteiger partial charge in [-0.1, -0.05) is 19.1 Å². The standard InChI is InChI=1S/C11H14N2.ClH/c1-2-10(12)9-4-3-8-5-6-13-11(8)7-9;/h3-7,10,13H,2,12H2,1H3;1H/t10-;/m0./s1. The molecule has 1 atom stereocenters. The highest BCUT2D eigenvalue weighted by Crippen LogP contribution is 2.19. The molecule has 0 aliphatic heterocycles. The topological polar surface area (TPSA) is 41.8 Å². The van der Waals surface area contributed by atoms with Gasteiger partial charge >= 0.3 is 0 Å². The van der Waals surface area contributed by atoms with E-state index in [2.05, 4.69) is 36.2 Å². The molecule has 1 heterocycles. The first-order valence-electron chi connectivity index (χ1n) is 4.64. The molecular weight excluding hydrogens is 196 g/mol. The van der Waals surface area contributed by atoms with Gasteiger partial charge in [-0.2, -0.15) is 0 Å². The van der Waals surface area contributed by atoms with E-state index in [0.29, 0.717) is 0 Å². The van der Waals surface area contributed by atoms with Crippen LogP contribution in [0.1, 0.15) is 24.9 Å². The molecule has 0 fully saturated rings. The molecule has 0 unspecified atom stereocenters. The van der Waals surface area contributed by atoms with Crippen molar-refractivity contribution in [3.8, 4) is 0 Å². The lowest BCUT2D eigenvalue weighted by Crippen LogP contribution is -2.08. The summed E-state index contributed by atoms with van der Waals surface area (Å²) in [7, 11) is 0. The number of benzene rings is 1. The van der Waals surface area contributed by atoms with Gasteiger partial charge in [0.15, 0.2) is 0 Å². The lowest BCUT2D eigenvalue weighted by atomic mass is 10.0. The van der Waals surface area contributed by atoms with E-state index in [0.717, 1.165) is 6.42 Å². The Morgan fingerprint density at radius 1 is 1.36 bits per heavy atom. The summed E-state index contributed by atoms with van der Waals surface area (Å²) in [5.74, 6) is 0. The maximum absolute atomic E-state index is 5.94. The van der Waals surface area contributed by atoms with Crippen molar-refractivity contribution in [2.24, 2.45) is 5.73 Å². The monoisotopic (exact) mass is 210 g/mol. The van der Waals surface area contributed by atoms with E-state index in [4.69, 9.17) is 5.73 Å². The molecular formula is C11H15ClN2. The third kappa shape index (κ3) is 1.91. The van der Waals surface area contributed by atoms with E-state index in [-0.39, 0.29) is 18.4 Å². The molecule has 2 nitrogen and oxygen atoms in total. The lowest BCUT2D eigenvalue weighted by molar-refractivity contribution is 0.699. The number of aromatic amines is 1. The Morgan fingerprint density at radius 2 is 2.14 bits per heavy atom. The highest BCUT2D eigenvalue weighted by Gasteiger charge is 2.03. The third-order valence-corrected chi connectivity index (χ3v) is 2.45. The Kier molecular flexibility index (Phi) is 3.55. The van der Waals surface area contributed by atoms with Gasteiger partial charge in [0.2, 0.25) is 0 Å². The predicted octanol–water partition coefficient (Wildman–Crippen LogP) is 3.00. The minimum absolute atomic E-state index is 0. The van der Waals surface area contributed by atoms with Crippen molar-refractivity contribution in [2.45, 2.75) is 19.4 Å². The molecule has 2 rings (SSSR count). The number of H-pyrrole nitrogens is 1. The Labute approximate surface area is 89.9 Å². The quantitative estimate of drug-likeness (QED) is 0.786. The van der Waals surface area contributed by atoms with Crippen LogP contribution in [-0.4, -0.2) is 4.98 Å². The zero-order valence-electron chi connectivity index (χ0n) is 8.16. The number of aromatic nitrogens is 1. The molecule has 0 saturated carbocycles. The SMILES string of the molecule is CC[C@H](N)c1ccc2cc[nH]c2c1.Cl. The first kappa shape index (κ1) is 11.1. The first-order valence-corrected chi connectivity index (χ1v) is 4.64. The summed E-state index contributed by atoms with van der Waals surface area (Å²) in [5, 5.41) is 1.24. The van der Waals surface area contributed by atoms with Crippen LogP contribution >= 0.6 is 12.4 Å². The van der Waals surface area contributed by atoms with Gasteiger partial charge in [-0.05, 0) is 29.5 Å². The summed E-state index contributed by atoms with van der Waals surface area (Å²) in [4.78, 5) is 3.18. The van der Waals surface area contributed by atoms with Gasteiger partial charge in [0, 0.05) is 17.8 Å². The van der Waals surface area contributed by atoms with Crippen LogP contribution in [0.5, 0.6) is 0 Å². The van der Waals surface area contributed by atoms with E-state index >= 15 is 0 Å². The Morgan fingerprint density at radius 3 is 2.86 bits per heavy atom. The van der Waals surface area contributed by atoms with Crippen LogP contribution < -0.4 is 5.73 Å². The van der Waals surface area contributed by atoms with E-state index in [9.17, 15) is 0 Å². The second-order valence-electron chi connectivity index (χ2n) is 3.34. The van der Waals surface area contributed by atoms with Crippen LogP contribution in [0.2, 0.25) is 0 Å². The lowest BCUT2D eigenvalue weighted by Gasteiger charge is -2.08. The Bertz CT molecular complexity index is 408. The van der Waals surface area contributed by atoms with Crippen molar-refractivity contribution in [1.82, 2.24) is 4.98 Å². The fourth-order valence-electron chi connectivity index (χ4n) is 1.53. The largest absolute Gasteiger partial charge is 0.361 e. The van der Waals surface area contributed by atoms with Crippen LogP contribution in [0.4, 0.5) is 0 Å². The summed E-state index contributed by atoms with van der Waals surface area (Å²) in [6, 6.07) is 8.56. The predicted molar refractivity (Wildman–Crippen MR) is 62.8 cm³/mol. The average Bonchev–Trinajstić information content (AvgIpc) is 2.63. The van der Waals surface area contributed by atoms with Crippen LogP contribution in [0, 0.1) is 0 Å². The molecule has 3 heteroatoms. The summed E-state index contributed by atoms with van der Waals surface area (Å²) in [6.07, 6.45) is 2.93. The van der Waals surface area contributed by atoms with Gasteiger partial charge < -0.3 is 10.7 Å². The molecule has 2 aromatic rings. The second kappa shape index (κ2) is 4.49. The highest BCUT2D eigenvalue weighted by molar-refractivity contribution is 5.85. The summed E-state index contributed by atoms with van der Waals surface area (Å²) in [6.45, 7) is 2.10. The molecule has 1 aromatic heterocycles. The second-order valence-corrected chi connectivity index (χ2v) is 3.34. The third-order valence-electron chi connectivity index (χ3n) is 2.45. The molecule has 0 spiro atoms. The van der Waals surface area contributed by atoms with Gasteiger partial charge in [0.1, 0.15) is 0 Å². The number of nitrogens with two attached hydrogens (primary N) is 1. The van der Waals surface area contributed by atoms with Crippen molar-refractivity contribution in [2.75, 3.05) is 0 Å². The van der Waals surface area contributed by atoms with Gasteiger partial charge in [-0.25, -0.2) is 0 Å². The fraction of sp³-hybridized carbons (Fsp3) is 0.273. The number of hydrogen-bond acceptors (Lipinski definition) is 1. The van der Waals surface area contributed by atoms with E-state index < -0.39 is 0 Å². The molecule has 0 bridgehead atoms. The summed E-state index contributed by atoms with van der Waals surface area (Å²) in [5.41, 5.74) is 8.31. The number of rotatable bonds is 2.